The van der Waals surface area contributed by atoms with Gasteiger partial charge < -0.3 is 11.1 Å². The van der Waals surface area contributed by atoms with Crippen molar-refractivity contribution in [2.24, 2.45) is 0 Å². The first-order valence-corrected chi connectivity index (χ1v) is 6.72. The van der Waals surface area contributed by atoms with Gasteiger partial charge in [0.1, 0.15) is 0 Å². The Morgan fingerprint density at radius 1 is 1.44 bits per heavy atom. The molecule has 16 heavy (non-hydrogen) atoms. The molecule has 0 saturated carbocycles. The number of hydrogen-bond acceptors (Lipinski definition) is 3. The lowest BCUT2D eigenvalue weighted by Gasteiger charge is -2.08. The molecule has 0 bridgehead atoms. The van der Waals surface area contributed by atoms with Crippen LogP contribution >= 0.6 is 38.9 Å². The number of rotatable bonds is 3. The lowest BCUT2D eigenvalue weighted by molar-refractivity contribution is 1.19. The predicted molar refractivity (Wildman–Crippen MR) is 75.2 cm³/mol. The zero-order chi connectivity index (χ0) is 11.5. The van der Waals surface area contributed by atoms with Crippen LogP contribution in [0.3, 0.4) is 0 Å². The third-order valence-electron chi connectivity index (χ3n) is 2.13. The van der Waals surface area contributed by atoms with Gasteiger partial charge in [-0.3, -0.25) is 0 Å². The number of halogens is 2. The van der Waals surface area contributed by atoms with Crippen LogP contribution in [0.5, 0.6) is 0 Å². The van der Waals surface area contributed by atoms with E-state index in [0.29, 0.717) is 10.7 Å². The third-order valence-corrected chi connectivity index (χ3v) is 4.15. The number of nitrogen functional groups attached to an aromatic ring is 1. The van der Waals surface area contributed by atoms with Gasteiger partial charge in [-0.25, -0.2) is 0 Å². The number of para-hydroxylation sites is 1. The molecule has 1 heterocycles. The Morgan fingerprint density at radius 3 is 2.94 bits per heavy atom. The van der Waals surface area contributed by atoms with Crippen LogP contribution in [0.15, 0.2) is 34.1 Å². The molecule has 84 valence electrons. The fourth-order valence-electron chi connectivity index (χ4n) is 1.32. The molecular formula is C11H10BrClN2S. The van der Waals surface area contributed by atoms with E-state index in [1.165, 1.54) is 4.88 Å². The van der Waals surface area contributed by atoms with Crippen LogP contribution < -0.4 is 11.1 Å². The second kappa shape index (κ2) is 5.08. The van der Waals surface area contributed by atoms with E-state index in [1.807, 2.05) is 12.1 Å². The van der Waals surface area contributed by atoms with Crippen LogP contribution in [0.4, 0.5) is 11.4 Å². The molecule has 0 aliphatic rings. The van der Waals surface area contributed by atoms with Crippen molar-refractivity contribution in [2.75, 3.05) is 11.1 Å². The van der Waals surface area contributed by atoms with E-state index >= 15 is 0 Å². The second-order valence-electron chi connectivity index (χ2n) is 3.29. The minimum absolute atomic E-state index is 0.581. The highest BCUT2D eigenvalue weighted by atomic mass is 79.9. The van der Waals surface area contributed by atoms with Crippen molar-refractivity contribution in [3.8, 4) is 0 Å². The molecular weight excluding hydrogens is 308 g/mol. The molecule has 1 aromatic heterocycles. The average molecular weight is 318 g/mol. The maximum absolute atomic E-state index is 5.93. The molecule has 2 rings (SSSR count). The Kier molecular flexibility index (Phi) is 3.74. The molecule has 5 heteroatoms. The van der Waals surface area contributed by atoms with Crippen molar-refractivity contribution in [1.29, 1.82) is 0 Å². The van der Waals surface area contributed by atoms with Gasteiger partial charge in [-0.1, -0.05) is 17.7 Å². The van der Waals surface area contributed by atoms with E-state index in [-0.39, 0.29) is 0 Å². The number of hydrogen-bond donors (Lipinski definition) is 2. The number of thiophene rings is 1. The molecule has 0 atom stereocenters. The molecule has 1 aromatic carbocycles. The number of nitrogens with two attached hydrogens (primary N) is 1. The Balaban J connectivity index is 2.07. The van der Waals surface area contributed by atoms with Crippen LogP contribution in [-0.2, 0) is 6.54 Å². The molecule has 0 aliphatic heterocycles. The lowest BCUT2D eigenvalue weighted by atomic mass is 10.2. The monoisotopic (exact) mass is 316 g/mol. The molecule has 0 spiro atoms. The van der Waals surface area contributed by atoms with Gasteiger partial charge in [-0.15, -0.1) is 11.3 Å². The van der Waals surface area contributed by atoms with Crippen molar-refractivity contribution < 1.29 is 0 Å². The fourth-order valence-corrected chi connectivity index (χ4v) is 2.89. The Morgan fingerprint density at radius 2 is 2.25 bits per heavy atom. The second-order valence-corrected chi connectivity index (χ2v) is 5.60. The van der Waals surface area contributed by atoms with Crippen molar-refractivity contribution in [3.05, 3.63) is 44.0 Å². The van der Waals surface area contributed by atoms with E-state index in [0.717, 1.165) is 16.7 Å². The zero-order valence-electron chi connectivity index (χ0n) is 8.34. The number of benzene rings is 1. The first kappa shape index (κ1) is 11.8. The zero-order valence-corrected chi connectivity index (χ0v) is 11.5. The van der Waals surface area contributed by atoms with E-state index in [4.69, 9.17) is 17.3 Å². The van der Waals surface area contributed by atoms with Crippen LogP contribution in [0.1, 0.15) is 4.88 Å². The van der Waals surface area contributed by atoms with Gasteiger partial charge in [-0.05, 0) is 34.1 Å². The molecule has 2 aromatic rings. The first-order valence-electron chi connectivity index (χ1n) is 4.67. The quantitative estimate of drug-likeness (QED) is 0.826. The summed E-state index contributed by atoms with van der Waals surface area (Å²) >= 11 is 11.0. The summed E-state index contributed by atoms with van der Waals surface area (Å²) in [5.74, 6) is 0. The van der Waals surface area contributed by atoms with Crippen molar-refractivity contribution in [3.63, 3.8) is 0 Å². The Hall–Kier alpha value is -0.710. The van der Waals surface area contributed by atoms with Gasteiger partial charge in [0.05, 0.1) is 16.4 Å². The third kappa shape index (κ3) is 2.70. The highest BCUT2D eigenvalue weighted by molar-refractivity contribution is 9.10. The van der Waals surface area contributed by atoms with Crippen LogP contribution in [0.25, 0.3) is 0 Å². The fraction of sp³-hybridized carbons (Fsp3) is 0.0909. The van der Waals surface area contributed by atoms with Gasteiger partial charge in [-0.2, -0.15) is 0 Å². The van der Waals surface area contributed by atoms with E-state index in [1.54, 1.807) is 17.4 Å². The molecule has 2 nitrogen and oxygen atoms in total. The number of anilines is 2. The largest absolute Gasteiger partial charge is 0.396 e. The highest BCUT2D eigenvalue weighted by Crippen LogP contribution is 2.28. The van der Waals surface area contributed by atoms with Crippen LogP contribution in [0, 0.1) is 0 Å². The van der Waals surface area contributed by atoms with Gasteiger partial charge in [0, 0.05) is 21.3 Å². The number of nitrogens with one attached hydrogen (secondary N) is 1. The Bertz CT molecular complexity index is 498. The Labute approximate surface area is 112 Å². The SMILES string of the molecule is Nc1c(Cl)cccc1NCc1cc(Br)cs1. The van der Waals surface area contributed by atoms with Gasteiger partial charge >= 0.3 is 0 Å². The average Bonchev–Trinajstić information content (AvgIpc) is 2.67. The molecule has 0 unspecified atom stereocenters. The minimum atomic E-state index is 0.581. The van der Waals surface area contributed by atoms with Crippen LogP contribution in [-0.4, -0.2) is 0 Å². The highest BCUT2D eigenvalue weighted by Gasteiger charge is 2.03. The maximum atomic E-state index is 5.93. The predicted octanol–water partition coefficient (Wildman–Crippen LogP) is 4.36. The molecule has 0 amide bonds. The summed E-state index contributed by atoms with van der Waals surface area (Å²) in [4.78, 5) is 1.24. The van der Waals surface area contributed by atoms with Gasteiger partial charge in [0.15, 0.2) is 0 Å². The minimum Gasteiger partial charge on any atom is -0.396 e. The van der Waals surface area contributed by atoms with Crippen molar-refractivity contribution in [1.82, 2.24) is 0 Å². The molecule has 3 N–H and O–H groups in total. The first-order chi connectivity index (χ1) is 7.66. The summed E-state index contributed by atoms with van der Waals surface area (Å²) in [6.45, 7) is 0.751. The standard InChI is InChI=1S/C11H10BrClN2S/c12-7-4-8(16-6-7)5-15-10-3-1-2-9(13)11(10)14/h1-4,6,15H,5,14H2. The van der Waals surface area contributed by atoms with Gasteiger partial charge in [0.25, 0.3) is 0 Å². The lowest BCUT2D eigenvalue weighted by Crippen LogP contribution is -2.01. The topological polar surface area (TPSA) is 38.0 Å². The smallest absolute Gasteiger partial charge is 0.0739 e. The molecule has 0 saturated heterocycles. The normalized spacial score (nSPS) is 10.4. The van der Waals surface area contributed by atoms with E-state index in [2.05, 4.69) is 32.7 Å². The van der Waals surface area contributed by atoms with E-state index in [9.17, 15) is 0 Å². The summed E-state index contributed by atoms with van der Waals surface area (Å²) < 4.78 is 1.10. The molecule has 0 aliphatic carbocycles. The van der Waals surface area contributed by atoms with E-state index < -0.39 is 0 Å². The van der Waals surface area contributed by atoms with Crippen molar-refractivity contribution in [2.45, 2.75) is 6.54 Å². The van der Waals surface area contributed by atoms with Crippen LogP contribution in [0.2, 0.25) is 5.02 Å². The summed E-state index contributed by atoms with van der Waals surface area (Å²) in [5.41, 5.74) is 7.32. The summed E-state index contributed by atoms with van der Waals surface area (Å²) in [5, 5.41) is 5.90. The molecule has 0 radical (unpaired) electrons. The maximum Gasteiger partial charge on any atom is 0.0739 e. The molecule has 0 fully saturated rings. The van der Waals surface area contributed by atoms with Crippen molar-refractivity contribution >= 4 is 50.2 Å². The summed E-state index contributed by atoms with van der Waals surface area (Å²) in [6, 6.07) is 7.66. The summed E-state index contributed by atoms with van der Waals surface area (Å²) in [7, 11) is 0. The summed E-state index contributed by atoms with van der Waals surface area (Å²) in [6.07, 6.45) is 0. The van der Waals surface area contributed by atoms with Gasteiger partial charge in [0.2, 0.25) is 0 Å².